The van der Waals surface area contributed by atoms with Crippen LogP contribution in [0.4, 0.5) is 4.39 Å². The van der Waals surface area contributed by atoms with E-state index in [2.05, 4.69) is 9.80 Å². The Morgan fingerprint density at radius 1 is 1.52 bits per heavy atom. The fourth-order valence-corrected chi connectivity index (χ4v) is 3.11. The topological polar surface area (TPSA) is 52.7 Å². The fraction of sp³-hybridized carbons (Fsp3) is 0.533. The van der Waals surface area contributed by atoms with Crippen LogP contribution in [0.3, 0.4) is 0 Å². The molecule has 0 aromatic heterocycles. The molecule has 116 valence electrons. The third-order valence-corrected chi connectivity index (χ3v) is 4.01. The Labute approximate surface area is 130 Å². The monoisotopic (exact) mass is 311 g/mol. The standard InChI is InChI=1S/C15H22FN3OS/c1-18(2)8-12-6-13(20)9-19(12)7-10-5-11(16)3-4-14(10)15(17)21/h3-5,12-13,20H,6-9H2,1-2H3,(H2,17,21). The first kappa shape index (κ1) is 16.3. The molecule has 0 spiro atoms. The Kier molecular flexibility index (Phi) is 5.27. The molecule has 6 heteroatoms. The molecule has 0 radical (unpaired) electrons. The highest BCUT2D eigenvalue weighted by atomic mass is 32.1. The van der Waals surface area contributed by atoms with Gasteiger partial charge in [0, 0.05) is 31.2 Å². The van der Waals surface area contributed by atoms with Crippen LogP contribution in [0.15, 0.2) is 18.2 Å². The lowest BCUT2D eigenvalue weighted by molar-refractivity contribution is 0.169. The van der Waals surface area contributed by atoms with Crippen molar-refractivity contribution in [1.82, 2.24) is 9.80 Å². The summed E-state index contributed by atoms with van der Waals surface area (Å²) in [5.74, 6) is -0.297. The molecule has 0 saturated carbocycles. The van der Waals surface area contributed by atoms with Gasteiger partial charge in [-0.1, -0.05) is 12.2 Å². The van der Waals surface area contributed by atoms with E-state index in [0.717, 1.165) is 18.5 Å². The van der Waals surface area contributed by atoms with Crippen molar-refractivity contribution in [3.05, 3.63) is 35.1 Å². The molecule has 0 aliphatic carbocycles. The fourth-order valence-electron chi connectivity index (χ4n) is 2.91. The van der Waals surface area contributed by atoms with Crippen molar-refractivity contribution in [2.24, 2.45) is 5.73 Å². The first-order chi connectivity index (χ1) is 9.86. The van der Waals surface area contributed by atoms with Crippen LogP contribution in [0.5, 0.6) is 0 Å². The predicted molar refractivity (Wildman–Crippen MR) is 85.7 cm³/mol. The van der Waals surface area contributed by atoms with Crippen molar-refractivity contribution >= 4 is 17.2 Å². The second-order valence-corrected chi connectivity index (χ2v) is 6.34. The first-order valence-corrected chi connectivity index (χ1v) is 7.42. The lowest BCUT2D eigenvalue weighted by atomic mass is 10.1. The summed E-state index contributed by atoms with van der Waals surface area (Å²) in [6, 6.07) is 4.72. The summed E-state index contributed by atoms with van der Waals surface area (Å²) in [7, 11) is 4.01. The molecule has 2 rings (SSSR count). The molecule has 0 bridgehead atoms. The van der Waals surface area contributed by atoms with E-state index in [1.54, 1.807) is 6.07 Å². The number of halogens is 1. The molecular weight excluding hydrogens is 289 g/mol. The van der Waals surface area contributed by atoms with Gasteiger partial charge in [-0.25, -0.2) is 4.39 Å². The molecule has 1 aliphatic rings. The van der Waals surface area contributed by atoms with E-state index in [-0.39, 0.29) is 23.0 Å². The number of aliphatic hydroxyl groups is 1. The van der Waals surface area contributed by atoms with Crippen molar-refractivity contribution in [2.75, 3.05) is 27.2 Å². The van der Waals surface area contributed by atoms with Crippen LogP contribution in [-0.2, 0) is 6.54 Å². The Balaban J connectivity index is 2.19. The summed E-state index contributed by atoms with van der Waals surface area (Å²) in [4.78, 5) is 4.53. The predicted octanol–water partition coefficient (Wildman–Crippen LogP) is 0.957. The van der Waals surface area contributed by atoms with Gasteiger partial charge in [-0.3, -0.25) is 4.90 Å². The van der Waals surface area contributed by atoms with Gasteiger partial charge in [-0.15, -0.1) is 0 Å². The number of thiocarbonyl (C=S) groups is 1. The number of likely N-dealkylation sites (tertiary alicyclic amines) is 1. The minimum absolute atomic E-state index is 0.248. The number of β-amino-alcohol motifs (C(OH)–C–C–N with tert-alkyl or cyclic N) is 1. The summed E-state index contributed by atoms with van der Waals surface area (Å²) in [6.45, 7) is 1.99. The number of hydrogen-bond acceptors (Lipinski definition) is 4. The molecule has 1 fully saturated rings. The van der Waals surface area contributed by atoms with Gasteiger partial charge in [0.2, 0.25) is 0 Å². The number of hydrogen-bond donors (Lipinski definition) is 2. The van der Waals surface area contributed by atoms with Crippen LogP contribution in [0.25, 0.3) is 0 Å². The number of aliphatic hydroxyl groups excluding tert-OH is 1. The average molecular weight is 311 g/mol. The normalized spacial score (nSPS) is 22.9. The zero-order valence-electron chi connectivity index (χ0n) is 12.4. The number of likely N-dealkylation sites (N-methyl/N-ethyl adjacent to an activating group) is 1. The Hall–Kier alpha value is -1.08. The largest absolute Gasteiger partial charge is 0.392 e. The molecular formula is C15H22FN3OS. The second-order valence-electron chi connectivity index (χ2n) is 5.90. The quantitative estimate of drug-likeness (QED) is 0.793. The molecule has 1 heterocycles. The van der Waals surface area contributed by atoms with Gasteiger partial charge in [-0.05, 0) is 44.3 Å². The van der Waals surface area contributed by atoms with Crippen molar-refractivity contribution in [1.29, 1.82) is 0 Å². The number of nitrogens with two attached hydrogens (primary N) is 1. The summed E-state index contributed by atoms with van der Waals surface area (Å²) in [6.07, 6.45) is 0.396. The summed E-state index contributed by atoms with van der Waals surface area (Å²) >= 11 is 5.04. The number of benzene rings is 1. The van der Waals surface area contributed by atoms with Crippen LogP contribution >= 0.6 is 12.2 Å². The highest BCUT2D eigenvalue weighted by molar-refractivity contribution is 7.80. The van der Waals surface area contributed by atoms with Gasteiger partial charge < -0.3 is 15.7 Å². The Morgan fingerprint density at radius 3 is 2.86 bits per heavy atom. The molecule has 0 amide bonds. The molecule has 1 aromatic rings. The van der Waals surface area contributed by atoms with Crippen LogP contribution in [0, 0.1) is 5.82 Å². The van der Waals surface area contributed by atoms with Gasteiger partial charge in [0.05, 0.1) is 6.10 Å². The molecule has 1 aromatic carbocycles. The zero-order valence-corrected chi connectivity index (χ0v) is 13.2. The Morgan fingerprint density at radius 2 is 2.24 bits per heavy atom. The van der Waals surface area contributed by atoms with Crippen molar-refractivity contribution < 1.29 is 9.50 Å². The van der Waals surface area contributed by atoms with E-state index in [4.69, 9.17) is 18.0 Å². The van der Waals surface area contributed by atoms with Crippen molar-refractivity contribution in [3.8, 4) is 0 Å². The van der Waals surface area contributed by atoms with Crippen LogP contribution in [-0.4, -0.2) is 59.2 Å². The van der Waals surface area contributed by atoms with Crippen molar-refractivity contribution in [2.45, 2.75) is 25.1 Å². The summed E-state index contributed by atoms with van der Waals surface area (Å²) in [5, 5.41) is 9.91. The van der Waals surface area contributed by atoms with E-state index in [1.807, 2.05) is 14.1 Å². The molecule has 1 aliphatic heterocycles. The molecule has 3 N–H and O–H groups in total. The first-order valence-electron chi connectivity index (χ1n) is 7.02. The highest BCUT2D eigenvalue weighted by Crippen LogP contribution is 2.23. The van der Waals surface area contributed by atoms with E-state index >= 15 is 0 Å². The van der Waals surface area contributed by atoms with Crippen LogP contribution < -0.4 is 5.73 Å². The van der Waals surface area contributed by atoms with Crippen LogP contribution in [0.2, 0.25) is 0 Å². The SMILES string of the molecule is CN(C)CC1CC(O)CN1Cc1cc(F)ccc1C(N)=S. The molecule has 2 unspecified atom stereocenters. The maximum Gasteiger partial charge on any atom is 0.123 e. The Bertz CT molecular complexity index is 524. The molecule has 1 saturated heterocycles. The van der Waals surface area contributed by atoms with Crippen LogP contribution in [0.1, 0.15) is 17.5 Å². The average Bonchev–Trinajstić information content (AvgIpc) is 2.68. The van der Waals surface area contributed by atoms with Gasteiger partial charge in [0.1, 0.15) is 10.8 Å². The molecule has 21 heavy (non-hydrogen) atoms. The maximum atomic E-state index is 13.5. The zero-order chi connectivity index (χ0) is 15.6. The van der Waals surface area contributed by atoms with E-state index < -0.39 is 0 Å². The van der Waals surface area contributed by atoms with E-state index in [9.17, 15) is 9.50 Å². The summed E-state index contributed by atoms with van der Waals surface area (Å²) in [5.41, 5.74) is 7.20. The van der Waals surface area contributed by atoms with Gasteiger partial charge in [-0.2, -0.15) is 0 Å². The van der Waals surface area contributed by atoms with Gasteiger partial charge in [0.25, 0.3) is 0 Å². The van der Waals surface area contributed by atoms with E-state index in [0.29, 0.717) is 18.7 Å². The highest BCUT2D eigenvalue weighted by Gasteiger charge is 2.31. The lowest BCUT2D eigenvalue weighted by Crippen LogP contribution is -2.37. The van der Waals surface area contributed by atoms with Gasteiger partial charge in [0.15, 0.2) is 0 Å². The molecule has 2 atom stereocenters. The van der Waals surface area contributed by atoms with Crippen molar-refractivity contribution in [3.63, 3.8) is 0 Å². The number of nitrogens with zero attached hydrogens (tertiary/aromatic N) is 2. The maximum absolute atomic E-state index is 13.5. The lowest BCUT2D eigenvalue weighted by Gasteiger charge is -2.27. The van der Waals surface area contributed by atoms with E-state index in [1.165, 1.54) is 12.1 Å². The second kappa shape index (κ2) is 6.79. The minimum atomic E-state index is -0.336. The summed E-state index contributed by atoms with van der Waals surface area (Å²) < 4.78 is 13.5. The number of rotatable bonds is 5. The third kappa shape index (κ3) is 4.20. The minimum Gasteiger partial charge on any atom is -0.392 e. The smallest absolute Gasteiger partial charge is 0.123 e. The van der Waals surface area contributed by atoms with Gasteiger partial charge >= 0.3 is 0 Å². The third-order valence-electron chi connectivity index (χ3n) is 3.79. The molecule has 4 nitrogen and oxygen atoms in total.